The Labute approximate surface area is 171 Å². The number of hydrogen-bond donors (Lipinski definition) is 3. The number of hydrogen-bond acceptors (Lipinski definition) is 4. The summed E-state index contributed by atoms with van der Waals surface area (Å²) in [5, 5.41) is 8.79. The number of amides is 4. The molecular formula is C21H29N5O3. The Morgan fingerprint density at radius 2 is 1.90 bits per heavy atom. The maximum atomic E-state index is 12.4. The van der Waals surface area contributed by atoms with Crippen molar-refractivity contribution >= 4 is 23.5 Å². The minimum Gasteiger partial charge on any atom is -0.353 e. The zero-order valence-corrected chi connectivity index (χ0v) is 16.6. The summed E-state index contributed by atoms with van der Waals surface area (Å²) in [6, 6.07) is 8.83. The summed E-state index contributed by atoms with van der Waals surface area (Å²) in [6.07, 6.45) is 4.02. The lowest BCUT2D eigenvalue weighted by atomic mass is 10.0. The molecule has 0 bridgehead atoms. The highest BCUT2D eigenvalue weighted by atomic mass is 16.2. The molecule has 3 atom stereocenters. The van der Waals surface area contributed by atoms with E-state index in [1.807, 2.05) is 35.2 Å². The smallest absolute Gasteiger partial charge is 0.319 e. The van der Waals surface area contributed by atoms with Gasteiger partial charge < -0.3 is 20.9 Å². The standard InChI is InChI=1S/C21H29N5O3/c27-19(25-10-4-5-11-25)9-8-17-13-22-20(28)18-12-16(14-26(17)18)24-21(29)23-15-6-2-1-3-7-15/h1-3,6-7,16-18H,4-5,8-14H2,(H,22,28)(H2,23,24,29)/t16-,17+,18-/m0/s1. The number of para-hydroxylation sites is 1. The molecule has 0 radical (unpaired) electrons. The van der Waals surface area contributed by atoms with E-state index in [1.54, 1.807) is 0 Å². The molecule has 8 nitrogen and oxygen atoms in total. The van der Waals surface area contributed by atoms with E-state index < -0.39 is 0 Å². The van der Waals surface area contributed by atoms with Crippen LogP contribution in [-0.4, -0.2) is 71.9 Å². The molecule has 1 aromatic rings. The number of nitrogens with one attached hydrogen (secondary N) is 3. The summed E-state index contributed by atoms with van der Waals surface area (Å²) >= 11 is 0. The summed E-state index contributed by atoms with van der Waals surface area (Å²) in [7, 11) is 0. The van der Waals surface area contributed by atoms with Gasteiger partial charge in [0.2, 0.25) is 11.8 Å². The number of rotatable bonds is 5. The highest BCUT2D eigenvalue weighted by Gasteiger charge is 2.43. The molecule has 1 aromatic carbocycles. The van der Waals surface area contributed by atoms with Crippen LogP contribution in [0.4, 0.5) is 10.5 Å². The van der Waals surface area contributed by atoms with Crippen LogP contribution >= 0.6 is 0 Å². The number of carbonyl (C=O) groups is 3. The van der Waals surface area contributed by atoms with Gasteiger partial charge in [-0.05, 0) is 37.8 Å². The molecule has 3 aliphatic rings. The van der Waals surface area contributed by atoms with Crippen molar-refractivity contribution in [2.75, 3.05) is 31.5 Å². The van der Waals surface area contributed by atoms with Gasteiger partial charge in [-0.15, -0.1) is 0 Å². The molecule has 3 saturated heterocycles. The van der Waals surface area contributed by atoms with Crippen LogP contribution in [0.1, 0.15) is 32.1 Å². The summed E-state index contributed by atoms with van der Waals surface area (Å²) in [4.78, 5) is 41.1. The van der Waals surface area contributed by atoms with Gasteiger partial charge in [0.25, 0.3) is 0 Å². The zero-order chi connectivity index (χ0) is 20.2. The fourth-order valence-electron chi connectivity index (χ4n) is 4.64. The number of benzene rings is 1. The van der Waals surface area contributed by atoms with E-state index in [-0.39, 0.29) is 36.0 Å². The number of fused-ring (bicyclic) bond motifs is 1. The third-order valence-corrected chi connectivity index (χ3v) is 6.14. The van der Waals surface area contributed by atoms with Crippen LogP contribution in [0.3, 0.4) is 0 Å². The number of likely N-dealkylation sites (tertiary alicyclic amines) is 1. The van der Waals surface area contributed by atoms with Gasteiger partial charge in [0.1, 0.15) is 0 Å². The number of carbonyl (C=O) groups excluding carboxylic acids is 3. The average Bonchev–Trinajstić information content (AvgIpc) is 3.38. The van der Waals surface area contributed by atoms with Crippen LogP contribution in [-0.2, 0) is 9.59 Å². The minimum atomic E-state index is -0.262. The zero-order valence-electron chi connectivity index (χ0n) is 16.6. The largest absolute Gasteiger partial charge is 0.353 e. The van der Waals surface area contributed by atoms with Crippen LogP contribution in [0, 0.1) is 0 Å². The molecule has 0 aromatic heterocycles. The molecule has 0 aliphatic carbocycles. The van der Waals surface area contributed by atoms with E-state index >= 15 is 0 Å². The van der Waals surface area contributed by atoms with Crippen molar-refractivity contribution in [3.63, 3.8) is 0 Å². The van der Waals surface area contributed by atoms with Crippen molar-refractivity contribution < 1.29 is 14.4 Å². The molecule has 3 fully saturated rings. The van der Waals surface area contributed by atoms with Gasteiger partial charge in [-0.25, -0.2) is 4.79 Å². The number of piperazine rings is 1. The lowest BCUT2D eigenvalue weighted by Crippen LogP contribution is -2.58. The first kappa shape index (κ1) is 19.7. The maximum absolute atomic E-state index is 12.4. The highest BCUT2D eigenvalue weighted by molar-refractivity contribution is 5.89. The first-order valence-corrected chi connectivity index (χ1v) is 10.5. The molecule has 3 aliphatic heterocycles. The molecule has 0 unspecified atom stereocenters. The predicted molar refractivity (Wildman–Crippen MR) is 109 cm³/mol. The van der Waals surface area contributed by atoms with Crippen molar-refractivity contribution in [3.05, 3.63) is 30.3 Å². The SMILES string of the molecule is O=C(Nc1ccccc1)N[C@H]1C[C@H]2C(=O)NC[C@@H](CCC(=O)N3CCCC3)N2C1. The lowest BCUT2D eigenvalue weighted by Gasteiger charge is -2.37. The molecule has 8 heteroatoms. The van der Waals surface area contributed by atoms with Crippen LogP contribution in [0.5, 0.6) is 0 Å². The molecule has 0 spiro atoms. The third kappa shape index (κ3) is 4.70. The monoisotopic (exact) mass is 399 g/mol. The van der Waals surface area contributed by atoms with Crippen LogP contribution in [0.25, 0.3) is 0 Å². The van der Waals surface area contributed by atoms with Crippen molar-refractivity contribution in [1.82, 2.24) is 20.4 Å². The normalized spacial score (nSPS) is 26.7. The molecular weight excluding hydrogens is 370 g/mol. The Bertz CT molecular complexity index is 750. The predicted octanol–water partition coefficient (Wildman–Crippen LogP) is 1.15. The van der Waals surface area contributed by atoms with Gasteiger partial charge in [0.05, 0.1) is 6.04 Å². The fourth-order valence-corrected chi connectivity index (χ4v) is 4.64. The van der Waals surface area contributed by atoms with Crippen LogP contribution in [0.15, 0.2) is 30.3 Å². The number of anilines is 1. The van der Waals surface area contributed by atoms with Gasteiger partial charge in [-0.2, -0.15) is 0 Å². The van der Waals surface area contributed by atoms with Crippen molar-refractivity contribution in [1.29, 1.82) is 0 Å². The van der Waals surface area contributed by atoms with E-state index in [0.717, 1.165) is 38.0 Å². The summed E-state index contributed by atoms with van der Waals surface area (Å²) in [5.74, 6) is 0.229. The van der Waals surface area contributed by atoms with Crippen molar-refractivity contribution in [3.8, 4) is 0 Å². The Morgan fingerprint density at radius 1 is 1.14 bits per heavy atom. The first-order valence-electron chi connectivity index (χ1n) is 10.5. The molecule has 3 heterocycles. The maximum Gasteiger partial charge on any atom is 0.319 e. The topological polar surface area (TPSA) is 93.8 Å². The van der Waals surface area contributed by atoms with E-state index in [1.165, 1.54) is 0 Å². The second-order valence-corrected chi connectivity index (χ2v) is 8.14. The second kappa shape index (κ2) is 8.82. The van der Waals surface area contributed by atoms with Gasteiger partial charge in [0.15, 0.2) is 0 Å². The molecule has 4 rings (SSSR count). The Balaban J connectivity index is 1.30. The van der Waals surface area contributed by atoms with Gasteiger partial charge in [-0.1, -0.05) is 18.2 Å². The fraction of sp³-hybridized carbons (Fsp3) is 0.571. The Kier molecular flexibility index (Phi) is 5.99. The quantitative estimate of drug-likeness (QED) is 0.692. The van der Waals surface area contributed by atoms with E-state index in [9.17, 15) is 14.4 Å². The summed E-state index contributed by atoms with van der Waals surface area (Å²) in [5.41, 5.74) is 0.733. The molecule has 156 valence electrons. The third-order valence-electron chi connectivity index (χ3n) is 6.14. The number of nitrogens with zero attached hydrogens (tertiary/aromatic N) is 2. The second-order valence-electron chi connectivity index (χ2n) is 8.14. The van der Waals surface area contributed by atoms with Gasteiger partial charge >= 0.3 is 6.03 Å². The van der Waals surface area contributed by atoms with Crippen molar-refractivity contribution in [2.24, 2.45) is 0 Å². The molecule has 29 heavy (non-hydrogen) atoms. The van der Waals surface area contributed by atoms with E-state index in [2.05, 4.69) is 20.9 Å². The van der Waals surface area contributed by atoms with E-state index in [0.29, 0.717) is 25.9 Å². The molecule has 4 amide bonds. The minimum absolute atomic E-state index is 0.0138. The van der Waals surface area contributed by atoms with Gasteiger partial charge in [0, 0.05) is 50.4 Å². The van der Waals surface area contributed by atoms with Gasteiger partial charge in [-0.3, -0.25) is 14.5 Å². The Morgan fingerprint density at radius 3 is 2.66 bits per heavy atom. The summed E-state index contributed by atoms with van der Waals surface area (Å²) < 4.78 is 0. The lowest BCUT2D eigenvalue weighted by molar-refractivity contribution is -0.131. The molecule has 0 saturated carbocycles. The number of urea groups is 1. The highest BCUT2D eigenvalue weighted by Crippen LogP contribution is 2.26. The van der Waals surface area contributed by atoms with Crippen molar-refractivity contribution in [2.45, 2.75) is 50.2 Å². The van der Waals surface area contributed by atoms with Crippen LogP contribution < -0.4 is 16.0 Å². The van der Waals surface area contributed by atoms with E-state index in [4.69, 9.17) is 0 Å². The average molecular weight is 399 g/mol. The van der Waals surface area contributed by atoms with Crippen LogP contribution in [0.2, 0.25) is 0 Å². The first-order chi connectivity index (χ1) is 14.1. The summed E-state index contributed by atoms with van der Waals surface area (Å²) in [6.45, 7) is 2.93. The molecule has 3 N–H and O–H groups in total. The Hall–Kier alpha value is -2.61.